The van der Waals surface area contributed by atoms with Crippen molar-refractivity contribution in [1.29, 1.82) is 0 Å². The summed E-state index contributed by atoms with van der Waals surface area (Å²) in [5.74, 6) is -0.903. The van der Waals surface area contributed by atoms with Crippen molar-refractivity contribution in [2.24, 2.45) is 0 Å². The fourth-order valence-corrected chi connectivity index (χ4v) is 4.39. The molecule has 184 valence electrons. The Balaban J connectivity index is 1.47. The van der Waals surface area contributed by atoms with Crippen LogP contribution in [0.5, 0.6) is 0 Å². The minimum Gasteiger partial charge on any atom is -0.371 e. The van der Waals surface area contributed by atoms with Crippen LogP contribution < -0.4 is 26.8 Å². The van der Waals surface area contributed by atoms with E-state index < -0.39 is 29.7 Å². The van der Waals surface area contributed by atoms with Gasteiger partial charge in [-0.25, -0.2) is 4.79 Å². The maximum absolute atomic E-state index is 13.1. The third kappa shape index (κ3) is 5.79. The van der Waals surface area contributed by atoms with Gasteiger partial charge in [-0.1, -0.05) is 38.0 Å². The average molecular weight is 478 g/mol. The summed E-state index contributed by atoms with van der Waals surface area (Å²) in [6.07, 6.45) is 4.36. The van der Waals surface area contributed by atoms with E-state index in [2.05, 4.69) is 20.5 Å². The molecule has 1 saturated heterocycles. The summed E-state index contributed by atoms with van der Waals surface area (Å²) < 4.78 is 0.853. The van der Waals surface area contributed by atoms with Gasteiger partial charge >= 0.3 is 5.69 Å². The number of aromatic nitrogens is 2. The molecule has 0 radical (unpaired) electrons. The number of anilines is 2. The monoisotopic (exact) mass is 477 g/mol. The van der Waals surface area contributed by atoms with Crippen molar-refractivity contribution in [2.75, 3.05) is 23.3 Å². The van der Waals surface area contributed by atoms with Crippen molar-refractivity contribution in [1.82, 2.24) is 14.9 Å². The number of aromatic amines is 1. The second kappa shape index (κ2) is 11.0. The lowest BCUT2D eigenvalue weighted by molar-refractivity contribution is -0.127. The number of unbranched alkanes of at least 4 members (excludes halogenated alkanes) is 1. The molecule has 0 bridgehead atoms. The van der Waals surface area contributed by atoms with Gasteiger partial charge in [0.15, 0.2) is 0 Å². The number of nitrogens with zero attached hydrogens (tertiary/aromatic N) is 2. The van der Waals surface area contributed by atoms with Gasteiger partial charge < -0.3 is 20.5 Å². The van der Waals surface area contributed by atoms with Crippen molar-refractivity contribution < 1.29 is 9.59 Å². The molecule has 1 aliphatic heterocycles. The molecule has 9 heteroatoms. The molecule has 3 aromatic rings. The molecular weight excluding hydrogens is 446 g/mol. The third-order valence-electron chi connectivity index (χ3n) is 6.27. The van der Waals surface area contributed by atoms with Gasteiger partial charge in [0.25, 0.3) is 5.56 Å². The van der Waals surface area contributed by atoms with Crippen molar-refractivity contribution >= 4 is 34.1 Å². The first-order valence-electron chi connectivity index (χ1n) is 12.1. The van der Waals surface area contributed by atoms with Crippen LogP contribution >= 0.6 is 0 Å². The maximum atomic E-state index is 13.1. The molecule has 1 atom stereocenters. The van der Waals surface area contributed by atoms with Crippen LogP contribution in [0.4, 0.5) is 11.4 Å². The summed E-state index contributed by atoms with van der Waals surface area (Å²) in [5.41, 5.74) is 0.919. The predicted octanol–water partition coefficient (Wildman–Crippen LogP) is 2.60. The van der Waals surface area contributed by atoms with Crippen molar-refractivity contribution in [3.8, 4) is 0 Å². The highest BCUT2D eigenvalue weighted by atomic mass is 16.2. The summed E-state index contributed by atoms with van der Waals surface area (Å²) >= 11 is 0. The number of para-hydroxylation sites is 1. The highest BCUT2D eigenvalue weighted by Gasteiger charge is 2.22. The number of benzene rings is 2. The fraction of sp³-hybridized carbons (Fsp3) is 0.385. The topological polar surface area (TPSA) is 116 Å². The Labute approximate surface area is 203 Å². The van der Waals surface area contributed by atoms with E-state index in [-0.39, 0.29) is 5.91 Å². The maximum Gasteiger partial charge on any atom is 0.329 e. The zero-order valence-electron chi connectivity index (χ0n) is 19.9. The number of carbonyl (C=O) groups is 2. The Morgan fingerprint density at radius 2 is 1.83 bits per heavy atom. The van der Waals surface area contributed by atoms with Crippen LogP contribution in [-0.4, -0.2) is 40.5 Å². The van der Waals surface area contributed by atoms with E-state index in [1.807, 2.05) is 31.2 Å². The molecule has 2 heterocycles. The molecule has 3 N–H and O–H groups in total. The molecule has 1 unspecified atom stereocenters. The average Bonchev–Trinajstić information content (AvgIpc) is 3.40. The van der Waals surface area contributed by atoms with E-state index in [1.165, 1.54) is 0 Å². The number of rotatable bonds is 9. The van der Waals surface area contributed by atoms with Gasteiger partial charge in [-0.15, -0.1) is 0 Å². The van der Waals surface area contributed by atoms with Gasteiger partial charge in [0.2, 0.25) is 11.8 Å². The Morgan fingerprint density at radius 1 is 1.06 bits per heavy atom. The van der Waals surface area contributed by atoms with E-state index in [0.717, 1.165) is 49.0 Å². The number of hydrogen-bond donors (Lipinski definition) is 3. The molecule has 0 aliphatic carbocycles. The summed E-state index contributed by atoms with van der Waals surface area (Å²) in [6.45, 7) is 3.53. The first-order valence-corrected chi connectivity index (χ1v) is 12.1. The largest absolute Gasteiger partial charge is 0.371 e. The second-order valence-corrected chi connectivity index (χ2v) is 8.86. The van der Waals surface area contributed by atoms with E-state index in [9.17, 15) is 19.2 Å². The molecule has 9 nitrogen and oxygen atoms in total. The van der Waals surface area contributed by atoms with E-state index in [4.69, 9.17) is 0 Å². The predicted molar refractivity (Wildman–Crippen MR) is 137 cm³/mol. The van der Waals surface area contributed by atoms with Crippen LogP contribution in [0.2, 0.25) is 0 Å². The van der Waals surface area contributed by atoms with Crippen LogP contribution in [0.3, 0.4) is 0 Å². The lowest BCUT2D eigenvalue weighted by Crippen LogP contribution is -2.47. The number of H-pyrrole nitrogens is 1. The van der Waals surface area contributed by atoms with Gasteiger partial charge in [-0.05, 0) is 49.6 Å². The standard InChI is InChI=1S/C26H31N5O4/c1-2-3-12-22(24(33)27-18-9-8-10-19(16-18)30-14-6-7-15-30)28-23(32)17-31-25(34)20-11-4-5-13-21(20)29-26(31)35/h4-5,8-11,13,16,22H,2-3,6-7,12,14-15,17H2,1H3,(H,27,33)(H,28,32)(H,29,35). The second-order valence-electron chi connectivity index (χ2n) is 8.86. The smallest absolute Gasteiger partial charge is 0.329 e. The summed E-state index contributed by atoms with van der Waals surface area (Å²) in [4.78, 5) is 55.9. The summed E-state index contributed by atoms with van der Waals surface area (Å²) in [6, 6.07) is 13.5. The van der Waals surface area contributed by atoms with Crippen molar-refractivity contribution in [3.05, 3.63) is 69.4 Å². The lowest BCUT2D eigenvalue weighted by atomic mass is 10.1. The number of nitrogens with one attached hydrogen (secondary N) is 3. The molecule has 0 spiro atoms. The van der Waals surface area contributed by atoms with E-state index in [1.54, 1.807) is 24.3 Å². The van der Waals surface area contributed by atoms with Gasteiger partial charge in [0.05, 0.1) is 10.9 Å². The van der Waals surface area contributed by atoms with Crippen LogP contribution in [0, 0.1) is 0 Å². The minimum atomic E-state index is -0.784. The van der Waals surface area contributed by atoms with Crippen molar-refractivity contribution in [2.45, 2.75) is 51.6 Å². The van der Waals surface area contributed by atoms with Crippen molar-refractivity contribution in [3.63, 3.8) is 0 Å². The number of carbonyl (C=O) groups excluding carboxylic acids is 2. The van der Waals surface area contributed by atoms with Crippen LogP contribution in [-0.2, 0) is 16.1 Å². The molecule has 1 fully saturated rings. The number of amides is 2. The van der Waals surface area contributed by atoms with E-state index >= 15 is 0 Å². The zero-order chi connectivity index (χ0) is 24.8. The number of fused-ring (bicyclic) bond motifs is 1. The fourth-order valence-electron chi connectivity index (χ4n) is 4.39. The lowest BCUT2D eigenvalue weighted by Gasteiger charge is -2.21. The number of hydrogen-bond acceptors (Lipinski definition) is 5. The minimum absolute atomic E-state index is 0.318. The molecule has 1 aromatic heterocycles. The van der Waals surface area contributed by atoms with Gasteiger partial charge in [0, 0.05) is 24.5 Å². The summed E-state index contributed by atoms with van der Waals surface area (Å²) in [5, 5.41) is 5.95. The molecule has 2 amide bonds. The van der Waals surface area contributed by atoms with Crippen LogP contribution in [0.1, 0.15) is 39.0 Å². The molecule has 4 rings (SSSR count). The highest BCUT2D eigenvalue weighted by Crippen LogP contribution is 2.23. The molecule has 0 saturated carbocycles. The van der Waals surface area contributed by atoms with Gasteiger partial charge in [-0.2, -0.15) is 0 Å². The first-order chi connectivity index (χ1) is 17.0. The van der Waals surface area contributed by atoms with E-state index in [0.29, 0.717) is 23.0 Å². The first kappa shape index (κ1) is 24.3. The normalized spacial score (nSPS) is 14.1. The van der Waals surface area contributed by atoms with Gasteiger partial charge in [0.1, 0.15) is 12.6 Å². The Bertz CT molecular complexity index is 1320. The molecule has 1 aliphatic rings. The SMILES string of the molecule is CCCCC(NC(=O)Cn1c(=O)[nH]c2ccccc2c1=O)C(=O)Nc1cccc(N2CCCC2)c1. The Morgan fingerprint density at radius 3 is 2.60 bits per heavy atom. The quantitative estimate of drug-likeness (QED) is 0.438. The zero-order valence-corrected chi connectivity index (χ0v) is 19.9. The van der Waals surface area contributed by atoms with Gasteiger partial charge in [-0.3, -0.25) is 19.0 Å². The summed E-state index contributed by atoms with van der Waals surface area (Å²) in [7, 11) is 0. The molecular formula is C26H31N5O4. The molecule has 35 heavy (non-hydrogen) atoms. The Kier molecular flexibility index (Phi) is 7.64. The molecule has 2 aromatic carbocycles. The third-order valence-corrected chi connectivity index (χ3v) is 6.27. The highest BCUT2D eigenvalue weighted by molar-refractivity contribution is 5.97. The van der Waals surface area contributed by atoms with Crippen LogP contribution in [0.15, 0.2) is 58.1 Å². The van der Waals surface area contributed by atoms with Crippen LogP contribution in [0.25, 0.3) is 10.9 Å². The Hall–Kier alpha value is -3.88.